The third kappa shape index (κ3) is 4.11. The molecule has 1 aliphatic carbocycles. The second kappa shape index (κ2) is 8.71. The average molecular weight is 467 g/mol. The van der Waals surface area contributed by atoms with Gasteiger partial charge in [0.2, 0.25) is 0 Å². The van der Waals surface area contributed by atoms with E-state index in [0.717, 1.165) is 34.5 Å². The zero-order chi connectivity index (χ0) is 22.1. The van der Waals surface area contributed by atoms with Gasteiger partial charge in [0.05, 0.1) is 5.56 Å². The number of aryl methyl sites for hydroxylation is 3. The quantitative estimate of drug-likeness (QED) is 0.329. The van der Waals surface area contributed by atoms with Crippen molar-refractivity contribution in [3.63, 3.8) is 0 Å². The Morgan fingerprint density at radius 3 is 2.97 bits per heavy atom. The summed E-state index contributed by atoms with van der Waals surface area (Å²) < 4.78 is 10.1. The van der Waals surface area contributed by atoms with E-state index in [4.69, 9.17) is 9.26 Å². The third-order valence-electron chi connectivity index (χ3n) is 5.01. The summed E-state index contributed by atoms with van der Waals surface area (Å²) >= 11 is 3.14. The molecular weight excluding hydrogens is 448 g/mol. The maximum atomic E-state index is 12.7. The molecule has 10 heteroatoms. The van der Waals surface area contributed by atoms with Crippen molar-refractivity contribution in [3.8, 4) is 0 Å². The fraction of sp³-hybridized carbons (Fsp3) is 0.227. The maximum absolute atomic E-state index is 12.7. The molecule has 0 bridgehead atoms. The molecule has 0 spiro atoms. The molecule has 162 valence electrons. The summed E-state index contributed by atoms with van der Waals surface area (Å²) in [7, 11) is 0. The van der Waals surface area contributed by atoms with Gasteiger partial charge >= 0.3 is 5.97 Å². The molecule has 0 unspecified atom stereocenters. The number of aromatic nitrogens is 3. The Bertz CT molecular complexity index is 1330. The molecule has 0 saturated carbocycles. The summed E-state index contributed by atoms with van der Waals surface area (Å²) in [6, 6.07) is 8.72. The molecule has 0 radical (unpaired) electrons. The van der Waals surface area contributed by atoms with Gasteiger partial charge in [0, 0.05) is 21.2 Å². The first kappa shape index (κ1) is 20.7. The second-order valence-electron chi connectivity index (χ2n) is 7.26. The number of fused-ring (bicyclic) bond motifs is 3. The van der Waals surface area contributed by atoms with Crippen LogP contribution in [-0.4, -0.2) is 33.6 Å². The van der Waals surface area contributed by atoms with Gasteiger partial charge in [-0.15, -0.1) is 11.3 Å². The van der Waals surface area contributed by atoms with Crippen molar-refractivity contribution in [3.05, 3.63) is 58.4 Å². The van der Waals surface area contributed by atoms with Gasteiger partial charge < -0.3 is 14.6 Å². The van der Waals surface area contributed by atoms with E-state index in [1.54, 1.807) is 42.8 Å². The summed E-state index contributed by atoms with van der Waals surface area (Å²) in [5.74, 6) is -0.238. The van der Waals surface area contributed by atoms with Crippen LogP contribution in [0.15, 0.2) is 51.1 Å². The van der Waals surface area contributed by atoms with Crippen molar-refractivity contribution in [2.24, 2.45) is 0 Å². The fourth-order valence-electron chi connectivity index (χ4n) is 3.62. The minimum absolute atomic E-state index is 0.274. The van der Waals surface area contributed by atoms with Gasteiger partial charge in [-0.2, -0.15) is 0 Å². The Hall–Kier alpha value is -3.24. The highest BCUT2D eigenvalue weighted by atomic mass is 32.2. The number of amides is 1. The standard InChI is InChI=1S/C22H18N4O4S2/c1-12-9-17(26-30-12)25-18(27)10-29-22(28)14-5-2-3-7-16(14)32-21-19-13-6-4-8-15(13)31-20(19)23-11-24-21/h2-3,5,7,9,11H,4,6,8,10H2,1H3,(H,25,26,27). The van der Waals surface area contributed by atoms with Crippen molar-refractivity contribution in [2.75, 3.05) is 11.9 Å². The molecule has 8 nitrogen and oxygen atoms in total. The van der Waals surface area contributed by atoms with Gasteiger partial charge in [-0.05, 0) is 43.9 Å². The van der Waals surface area contributed by atoms with Gasteiger partial charge in [-0.1, -0.05) is 29.1 Å². The van der Waals surface area contributed by atoms with E-state index in [2.05, 4.69) is 20.4 Å². The summed E-state index contributed by atoms with van der Waals surface area (Å²) in [6.07, 6.45) is 4.82. The molecule has 1 N–H and O–H groups in total. The summed E-state index contributed by atoms with van der Waals surface area (Å²) in [5.41, 5.74) is 1.70. The van der Waals surface area contributed by atoms with Crippen LogP contribution in [-0.2, 0) is 22.4 Å². The Kier molecular flexibility index (Phi) is 5.62. The highest BCUT2D eigenvalue weighted by Gasteiger charge is 2.23. The van der Waals surface area contributed by atoms with Crippen molar-refractivity contribution >= 4 is 51.0 Å². The minimum atomic E-state index is -0.583. The molecule has 0 fully saturated rings. The van der Waals surface area contributed by atoms with Crippen molar-refractivity contribution in [1.29, 1.82) is 0 Å². The molecule has 0 aliphatic heterocycles. The Morgan fingerprint density at radius 2 is 2.12 bits per heavy atom. The molecule has 1 amide bonds. The number of anilines is 1. The second-order valence-corrected chi connectivity index (χ2v) is 9.38. The number of thiophene rings is 1. The molecule has 3 aromatic heterocycles. The maximum Gasteiger partial charge on any atom is 0.339 e. The summed E-state index contributed by atoms with van der Waals surface area (Å²) in [5, 5.41) is 8.12. The van der Waals surface area contributed by atoms with E-state index >= 15 is 0 Å². The largest absolute Gasteiger partial charge is 0.452 e. The van der Waals surface area contributed by atoms with Gasteiger partial charge in [-0.25, -0.2) is 14.8 Å². The van der Waals surface area contributed by atoms with Crippen LogP contribution in [0.25, 0.3) is 10.2 Å². The van der Waals surface area contributed by atoms with E-state index in [9.17, 15) is 9.59 Å². The molecule has 1 aliphatic rings. The molecule has 4 aromatic rings. The Morgan fingerprint density at radius 1 is 1.25 bits per heavy atom. The zero-order valence-electron chi connectivity index (χ0n) is 17.1. The van der Waals surface area contributed by atoms with Crippen LogP contribution in [0.3, 0.4) is 0 Å². The number of benzene rings is 1. The van der Waals surface area contributed by atoms with Crippen LogP contribution in [0.2, 0.25) is 0 Å². The van der Waals surface area contributed by atoms with Gasteiger partial charge in [0.1, 0.15) is 21.9 Å². The van der Waals surface area contributed by atoms with E-state index in [1.807, 2.05) is 12.1 Å². The number of hydrogen-bond donors (Lipinski definition) is 1. The first-order valence-corrected chi connectivity index (χ1v) is 11.6. The molecule has 0 atom stereocenters. The van der Waals surface area contributed by atoms with E-state index in [1.165, 1.54) is 22.2 Å². The van der Waals surface area contributed by atoms with Crippen molar-refractivity contribution in [1.82, 2.24) is 15.1 Å². The number of esters is 1. The topological polar surface area (TPSA) is 107 Å². The third-order valence-corrected chi connectivity index (χ3v) is 7.29. The highest BCUT2D eigenvalue weighted by molar-refractivity contribution is 7.99. The van der Waals surface area contributed by atoms with Crippen molar-refractivity contribution in [2.45, 2.75) is 36.1 Å². The monoisotopic (exact) mass is 466 g/mol. The lowest BCUT2D eigenvalue weighted by molar-refractivity contribution is -0.119. The minimum Gasteiger partial charge on any atom is -0.452 e. The molecule has 32 heavy (non-hydrogen) atoms. The Labute approximate surface area is 191 Å². The average Bonchev–Trinajstić information content (AvgIpc) is 3.49. The molecule has 5 rings (SSSR count). The lowest BCUT2D eigenvalue weighted by Crippen LogP contribution is -2.21. The molecule has 0 saturated heterocycles. The number of nitrogens with zero attached hydrogens (tertiary/aromatic N) is 3. The smallest absolute Gasteiger partial charge is 0.339 e. The SMILES string of the molecule is Cc1cc(NC(=O)COC(=O)c2ccccc2Sc2ncnc3sc4c(c23)CCC4)no1. The number of nitrogens with one attached hydrogen (secondary N) is 1. The predicted octanol–water partition coefficient (Wildman–Crippen LogP) is 4.42. The van der Waals surface area contributed by atoms with Crippen LogP contribution >= 0.6 is 23.1 Å². The van der Waals surface area contributed by atoms with E-state index in [-0.39, 0.29) is 5.82 Å². The van der Waals surface area contributed by atoms with Crippen molar-refractivity contribution < 1.29 is 18.8 Å². The molecule has 1 aromatic carbocycles. The Balaban J connectivity index is 1.33. The predicted molar refractivity (Wildman–Crippen MR) is 120 cm³/mol. The first-order valence-electron chi connectivity index (χ1n) is 10.0. The van der Waals surface area contributed by atoms with Gasteiger partial charge in [0.25, 0.3) is 5.91 Å². The van der Waals surface area contributed by atoms with Crippen LogP contribution in [0.1, 0.15) is 33.0 Å². The van der Waals surface area contributed by atoms with Crippen LogP contribution in [0.5, 0.6) is 0 Å². The number of hydrogen-bond acceptors (Lipinski definition) is 9. The fourth-order valence-corrected chi connectivity index (χ4v) is 5.95. The van der Waals surface area contributed by atoms with Crippen LogP contribution < -0.4 is 5.32 Å². The molecular formula is C22H18N4O4S2. The van der Waals surface area contributed by atoms with Crippen LogP contribution in [0.4, 0.5) is 5.82 Å². The number of carbonyl (C=O) groups is 2. The van der Waals surface area contributed by atoms with E-state index in [0.29, 0.717) is 16.2 Å². The van der Waals surface area contributed by atoms with Gasteiger partial charge in [0.15, 0.2) is 12.4 Å². The number of rotatable bonds is 6. The first-order chi connectivity index (χ1) is 15.6. The number of ether oxygens (including phenoxy) is 1. The number of carbonyl (C=O) groups excluding carboxylic acids is 2. The normalized spacial score (nSPS) is 12.7. The molecule has 3 heterocycles. The van der Waals surface area contributed by atoms with E-state index < -0.39 is 18.5 Å². The summed E-state index contributed by atoms with van der Waals surface area (Å²) in [6.45, 7) is 1.28. The lowest BCUT2D eigenvalue weighted by atomic mass is 10.2. The lowest BCUT2D eigenvalue weighted by Gasteiger charge is -2.10. The zero-order valence-corrected chi connectivity index (χ0v) is 18.7. The van der Waals surface area contributed by atoms with Crippen LogP contribution in [0, 0.1) is 6.92 Å². The highest BCUT2D eigenvalue weighted by Crippen LogP contribution is 2.42. The summed E-state index contributed by atoms with van der Waals surface area (Å²) in [4.78, 5) is 36.8. The van der Waals surface area contributed by atoms with Gasteiger partial charge in [-0.3, -0.25) is 4.79 Å².